The highest BCUT2D eigenvalue weighted by Gasteiger charge is 2.48. The van der Waals surface area contributed by atoms with Crippen molar-refractivity contribution in [3.8, 4) is 17.5 Å². The minimum absolute atomic E-state index is 0.0733. The highest BCUT2D eigenvalue weighted by molar-refractivity contribution is 5.67. The summed E-state index contributed by atoms with van der Waals surface area (Å²) in [6, 6.07) is 5.77. The molecule has 1 unspecified atom stereocenters. The second kappa shape index (κ2) is 8.21. The highest BCUT2D eigenvalue weighted by Crippen LogP contribution is 2.46. The summed E-state index contributed by atoms with van der Waals surface area (Å²) in [7, 11) is 0. The first-order chi connectivity index (χ1) is 16.2. The Hall–Kier alpha value is -3.69. The number of anilines is 1. The van der Waals surface area contributed by atoms with Crippen LogP contribution in [0.1, 0.15) is 35.0 Å². The van der Waals surface area contributed by atoms with Crippen LogP contribution >= 0.6 is 0 Å². The summed E-state index contributed by atoms with van der Waals surface area (Å²) in [4.78, 5) is 4.93. The van der Waals surface area contributed by atoms with Gasteiger partial charge in [-0.3, -0.25) is 0 Å². The molecule has 0 saturated carbocycles. The summed E-state index contributed by atoms with van der Waals surface area (Å²) in [5.41, 5.74) is -3.65. The lowest BCUT2D eigenvalue weighted by atomic mass is 9.96. The first kappa shape index (κ1) is 24.4. The second-order valence-corrected chi connectivity index (χ2v) is 7.99. The Bertz CT molecular complexity index is 1300. The fourth-order valence-electron chi connectivity index (χ4n) is 4.07. The van der Waals surface area contributed by atoms with Gasteiger partial charge in [-0.05, 0) is 35.9 Å². The largest absolute Gasteiger partial charge is 0.418 e. The van der Waals surface area contributed by atoms with Gasteiger partial charge in [0.05, 0.1) is 35.3 Å². The number of aromatic nitrogens is 2. The van der Waals surface area contributed by atoms with E-state index >= 15 is 0 Å². The molecule has 35 heavy (non-hydrogen) atoms. The van der Waals surface area contributed by atoms with Gasteiger partial charge in [-0.2, -0.15) is 36.6 Å². The van der Waals surface area contributed by atoms with Crippen molar-refractivity contribution in [1.29, 1.82) is 5.26 Å². The molecule has 0 radical (unpaired) electrons. The maximum Gasteiger partial charge on any atom is 0.418 e. The summed E-state index contributed by atoms with van der Waals surface area (Å²) in [6.45, 7) is 0.0477. The van der Waals surface area contributed by atoms with Gasteiger partial charge in [-0.25, -0.2) is 8.78 Å². The predicted molar refractivity (Wildman–Crippen MR) is 105 cm³/mol. The molecule has 0 N–H and O–H groups in total. The van der Waals surface area contributed by atoms with Crippen LogP contribution in [0.4, 0.5) is 40.8 Å². The Labute approximate surface area is 192 Å². The van der Waals surface area contributed by atoms with Crippen LogP contribution in [0.5, 0.6) is 0 Å². The van der Waals surface area contributed by atoms with E-state index in [1.807, 2.05) is 0 Å². The lowest BCUT2D eigenvalue weighted by Crippen LogP contribution is -2.44. The first-order valence-electron chi connectivity index (χ1n) is 9.98. The predicted octanol–water partition coefficient (Wildman–Crippen LogP) is 6.23. The van der Waals surface area contributed by atoms with Gasteiger partial charge in [-0.15, -0.1) is 0 Å². The molecule has 2 aromatic carbocycles. The minimum atomic E-state index is -4.96. The number of nitriles is 1. The summed E-state index contributed by atoms with van der Waals surface area (Å²) >= 11 is 0. The number of rotatable bonds is 4. The number of hydrogen-bond donors (Lipinski definition) is 0. The van der Waals surface area contributed by atoms with Crippen LogP contribution in [-0.4, -0.2) is 22.1 Å². The molecular weight excluding hydrogens is 488 g/mol. The Morgan fingerprint density at radius 2 is 1.77 bits per heavy atom. The molecule has 3 aromatic rings. The molecule has 0 fully saturated rings. The Morgan fingerprint density at radius 1 is 1.06 bits per heavy atom. The Kier molecular flexibility index (Phi) is 5.73. The number of benzene rings is 2. The van der Waals surface area contributed by atoms with Gasteiger partial charge < -0.3 is 9.42 Å². The van der Waals surface area contributed by atoms with Crippen LogP contribution in [0.2, 0.25) is 0 Å². The van der Waals surface area contributed by atoms with Crippen molar-refractivity contribution in [3.05, 3.63) is 64.5 Å². The normalized spacial score (nSPS) is 16.3. The summed E-state index contributed by atoms with van der Waals surface area (Å²) in [6.07, 6.45) is -10.3. The third-order valence-electron chi connectivity index (χ3n) is 5.58. The minimum Gasteiger partial charge on any atom is -0.354 e. The van der Waals surface area contributed by atoms with E-state index in [9.17, 15) is 35.1 Å². The zero-order valence-electron chi connectivity index (χ0n) is 17.7. The molecule has 1 aliphatic heterocycles. The molecule has 13 heteroatoms. The SMILES string of the molecule is CC(F)(F)C1Cc2c(ccc(C#N)c2C(F)(F)F)N1Cc1noc(-c2cccc(C(F)(F)F)c2)n1. The molecule has 0 saturated heterocycles. The number of hydrogen-bond acceptors (Lipinski definition) is 5. The summed E-state index contributed by atoms with van der Waals surface area (Å²) in [5, 5.41) is 12.7. The zero-order valence-corrected chi connectivity index (χ0v) is 17.7. The van der Waals surface area contributed by atoms with E-state index in [0.29, 0.717) is 6.92 Å². The molecular formula is C22H14F8N4O. The van der Waals surface area contributed by atoms with E-state index in [1.165, 1.54) is 12.1 Å². The third kappa shape index (κ3) is 4.65. The van der Waals surface area contributed by atoms with Crippen LogP contribution < -0.4 is 4.90 Å². The topological polar surface area (TPSA) is 66.0 Å². The smallest absolute Gasteiger partial charge is 0.354 e. The van der Waals surface area contributed by atoms with E-state index in [-0.39, 0.29) is 23.0 Å². The molecule has 0 amide bonds. The molecule has 184 valence electrons. The molecule has 0 bridgehead atoms. The quantitative estimate of drug-likeness (QED) is 0.396. The van der Waals surface area contributed by atoms with Crippen LogP contribution in [0.25, 0.3) is 11.5 Å². The van der Waals surface area contributed by atoms with E-state index in [2.05, 4.69) is 10.1 Å². The summed E-state index contributed by atoms with van der Waals surface area (Å²) in [5.74, 6) is -4.00. The summed E-state index contributed by atoms with van der Waals surface area (Å²) < 4.78 is 114. The van der Waals surface area contributed by atoms with Crippen LogP contribution in [-0.2, 0) is 25.3 Å². The van der Waals surface area contributed by atoms with Gasteiger partial charge in [0.1, 0.15) is 0 Å². The van der Waals surface area contributed by atoms with Gasteiger partial charge in [-0.1, -0.05) is 11.2 Å². The Balaban J connectivity index is 1.72. The Morgan fingerprint density at radius 3 is 2.37 bits per heavy atom. The highest BCUT2D eigenvalue weighted by atomic mass is 19.4. The van der Waals surface area contributed by atoms with E-state index in [0.717, 1.165) is 35.2 Å². The van der Waals surface area contributed by atoms with Crippen molar-refractivity contribution in [1.82, 2.24) is 10.1 Å². The lowest BCUT2D eigenvalue weighted by molar-refractivity contribution is -0.138. The molecule has 4 rings (SSSR count). The number of alkyl halides is 8. The maximum absolute atomic E-state index is 14.4. The third-order valence-corrected chi connectivity index (χ3v) is 5.58. The molecule has 1 atom stereocenters. The number of nitrogens with zero attached hydrogens (tertiary/aromatic N) is 4. The lowest BCUT2D eigenvalue weighted by Gasteiger charge is -2.30. The van der Waals surface area contributed by atoms with E-state index in [1.54, 1.807) is 0 Å². The van der Waals surface area contributed by atoms with Crippen molar-refractivity contribution in [2.75, 3.05) is 4.90 Å². The average molecular weight is 502 g/mol. The van der Waals surface area contributed by atoms with Crippen molar-refractivity contribution >= 4 is 5.69 Å². The van der Waals surface area contributed by atoms with Crippen LogP contribution in [0.15, 0.2) is 40.9 Å². The fourth-order valence-corrected chi connectivity index (χ4v) is 4.07. The number of halogens is 8. The average Bonchev–Trinajstić information content (AvgIpc) is 3.37. The van der Waals surface area contributed by atoms with Crippen molar-refractivity contribution in [2.24, 2.45) is 0 Å². The van der Waals surface area contributed by atoms with Gasteiger partial charge in [0.15, 0.2) is 5.82 Å². The molecule has 1 aromatic heterocycles. The monoisotopic (exact) mass is 502 g/mol. The molecule has 0 aliphatic carbocycles. The van der Waals surface area contributed by atoms with E-state index in [4.69, 9.17) is 9.78 Å². The van der Waals surface area contributed by atoms with Gasteiger partial charge in [0.25, 0.3) is 11.8 Å². The van der Waals surface area contributed by atoms with Crippen molar-refractivity contribution in [2.45, 2.75) is 44.2 Å². The van der Waals surface area contributed by atoms with Crippen LogP contribution in [0.3, 0.4) is 0 Å². The maximum atomic E-state index is 14.4. The van der Waals surface area contributed by atoms with Crippen LogP contribution in [0, 0.1) is 11.3 Å². The molecule has 5 nitrogen and oxygen atoms in total. The molecule has 0 spiro atoms. The standard InChI is InChI=1S/C22H14F8N4O/c1-20(23,24)16-8-14-15(6-5-12(9-31)18(14)22(28,29)30)34(16)10-17-32-19(35-33-17)11-3-2-4-13(7-11)21(25,26)27/h2-7,16H,8,10H2,1H3. The molecule has 1 aliphatic rings. The van der Waals surface area contributed by atoms with Crippen molar-refractivity contribution < 1.29 is 39.6 Å². The van der Waals surface area contributed by atoms with Gasteiger partial charge in [0.2, 0.25) is 0 Å². The van der Waals surface area contributed by atoms with E-state index < -0.39 is 59.5 Å². The fraction of sp³-hybridized carbons (Fsp3) is 0.318. The van der Waals surface area contributed by atoms with Gasteiger partial charge in [0, 0.05) is 24.6 Å². The number of fused-ring (bicyclic) bond motifs is 1. The van der Waals surface area contributed by atoms with Gasteiger partial charge >= 0.3 is 12.4 Å². The second-order valence-electron chi connectivity index (χ2n) is 7.99. The zero-order chi connectivity index (χ0) is 25.8. The van der Waals surface area contributed by atoms with Crippen molar-refractivity contribution in [3.63, 3.8) is 0 Å². The molecule has 2 heterocycles. The first-order valence-corrected chi connectivity index (χ1v) is 9.98.